The smallest absolute Gasteiger partial charge is 0.254 e. The van der Waals surface area contributed by atoms with Crippen molar-refractivity contribution < 1.29 is 14.6 Å². The Morgan fingerprint density at radius 2 is 1.82 bits per heavy atom. The first kappa shape index (κ1) is 11.4. The molecule has 0 aliphatic rings. The van der Waals surface area contributed by atoms with Gasteiger partial charge in [-0.1, -0.05) is 12.1 Å². The van der Waals surface area contributed by atoms with Gasteiger partial charge in [-0.05, 0) is 42.2 Å². The van der Waals surface area contributed by atoms with Gasteiger partial charge < -0.3 is 10.2 Å². The van der Waals surface area contributed by atoms with Crippen LogP contribution >= 0.6 is 0 Å². The van der Waals surface area contributed by atoms with E-state index < -0.39 is 0 Å². The van der Waals surface area contributed by atoms with Crippen molar-refractivity contribution in [2.24, 2.45) is 0 Å². The molecule has 17 heavy (non-hydrogen) atoms. The summed E-state index contributed by atoms with van der Waals surface area (Å²) in [5.41, 5.74) is 1.68. The van der Waals surface area contributed by atoms with E-state index in [-0.39, 0.29) is 17.4 Å². The zero-order chi connectivity index (χ0) is 12.3. The van der Waals surface area contributed by atoms with Gasteiger partial charge in [0.05, 0.1) is 0 Å². The highest BCUT2D eigenvalue weighted by Gasteiger charge is 2.03. The minimum Gasteiger partial charge on any atom is -0.503 e. The Hall–Kier alpha value is -2.10. The molecule has 2 N–H and O–H groups in total. The van der Waals surface area contributed by atoms with E-state index in [0.717, 1.165) is 11.1 Å². The molecule has 0 aliphatic heterocycles. The molecule has 0 spiro atoms. The summed E-state index contributed by atoms with van der Waals surface area (Å²) in [6.07, 6.45) is 2.78. The van der Waals surface area contributed by atoms with Crippen molar-refractivity contribution in [1.29, 1.82) is 0 Å². The third-order valence-corrected chi connectivity index (χ3v) is 2.50. The number of aromatic nitrogens is 1. The Balaban J connectivity index is 2.05. The van der Waals surface area contributed by atoms with E-state index in [4.69, 9.17) is 5.11 Å². The van der Waals surface area contributed by atoms with Crippen LogP contribution in [0.2, 0.25) is 0 Å². The zero-order valence-electron chi connectivity index (χ0n) is 9.10. The highest BCUT2D eigenvalue weighted by Crippen LogP contribution is 2.22. The molecule has 0 radical (unpaired) electrons. The maximum atomic E-state index is 12.9. The van der Waals surface area contributed by atoms with Crippen LogP contribution in [0.1, 0.15) is 11.1 Å². The molecule has 4 heteroatoms. The Morgan fingerprint density at radius 1 is 1.06 bits per heavy atom. The maximum absolute atomic E-state index is 12.9. The molecule has 3 nitrogen and oxygen atoms in total. The molecule has 0 atom stereocenters. The molecule has 0 saturated carbocycles. The molecular formula is C13H12FNO2. The molecule has 88 valence electrons. The van der Waals surface area contributed by atoms with Gasteiger partial charge in [0.2, 0.25) is 0 Å². The number of rotatable bonds is 3. The second kappa shape index (κ2) is 4.82. The molecule has 0 unspecified atom stereocenters. The highest BCUT2D eigenvalue weighted by molar-refractivity contribution is 5.34. The zero-order valence-corrected chi connectivity index (χ0v) is 9.10. The third kappa shape index (κ3) is 2.93. The first-order valence-corrected chi connectivity index (χ1v) is 5.26. The number of nitrogens with zero attached hydrogens (tertiary/aromatic N) is 1. The standard InChI is InChI=1S/C13H12FNO2/c14-11-3-1-2-9(6-11)4-5-10-7-12(16)13(17)15-8-10/h1-3,6-8,16H,4-5H2,(H,15,17). The number of aryl methyl sites for hydroxylation is 2. The van der Waals surface area contributed by atoms with Crippen LogP contribution in [0.5, 0.6) is 11.6 Å². The van der Waals surface area contributed by atoms with Crippen LogP contribution in [0.3, 0.4) is 0 Å². The summed E-state index contributed by atoms with van der Waals surface area (Å²) in [4.78, 5) is 3.64. The molecule has 2 rings (SSSR count). The monoisotopic (exact) mass is 233 g/mol. The van der Waals surface area contributed by atoms with E-state index in [1.54, 1.807) is 6.07 Å². The second-order valence-electron chi connectivity index (χ2n) is 3.82. The van der Waals surface area contributed by atoms with E-state index in [1.165, 1.54) is 24.4 Å². The minimum atomic E-state index is -0.375. The molecule has 0 fully saturated rings. The Labute approximate surface area is 98.2 Å². The molecule has 2 aromatic rings. The van der Waals surface area contributed by atoms with Gasteiger partial charge in [-0.3, -0.25) is 0 Å². The molecule has 0 bridgehead atoms. The van der Waals surface area contributed by atoms with Crippen molar-refractivity contribution in [1.82, 2.24) is 4.98 Å². The maximum Gasteiger partial charge on any atom is 0.254 e. The normalized spacial score (nSPS) is 10.4. The molecular weight excluding hydrogens is 221 g/mol. The second-order valence-corrected chi connectivity index (χ2v) is 3.82. The number of pyridine rings is 1. The minimum absolute atomic E-state index is 0.234. The van der Waals surface area contributed by atoms with Crippen LogP contribution in [-0.2, 0) is 12.8 Å². The number of benzene rings is 1. The fourth-order valence-corrected chi connectivity index (χ4v) is 1.61. The van der Waals surface area contributed by atoms with Gasteiger partial charge in [-0.25, -0.2) is 9.37 Å². The van der Waals surface area contributed by atoms with E-state index in [2.05, 4.69) is 4.98 Å². The Bertz CT molecular complexity index is 529. The summed E-state index contributed by atoms with van der Waals surface area (Å²) in [6.45, 7) is 0. The first-order chi connectivity index (χ1) is 8.15. The predicted octanol–water partition coefficient (Wildman–Crippen LogP) is 2.42. The lowest BCUT2D eigenvalue weighted by Gasteiger charge is -2.03. The van der Waals surface area contributed by atoms with Gasteiger partial charge in [-0.2, -0.15) is 0 Å². The molecule has 0 aliphatic carbocycles. The van der Waals surface area contributed by atoms with Gasteiger partial charge in [0, 0.05) is 6.20 Å². The van der Waals surface area contributed by atoms with Crippen molar-refractivity contribution in [3.05, 3.63) is 53.5 Å². The van der Waals surface area contributed by atoms with Crippen molar-refractivity contribution in [3.8, 4) is 11.6 Å². The van der Waals surface area contributed by atoms with Gasteiger partial charge in [0.1, 0.15) is 5.82 Å². The van der Waals surface area contributed by atoms with Crippen LogP contribution in [0.25, 0.3) is 0 Å². The van der Waals surface area contributed by atoms with Crippen molar-refractivity contribution in [2.45, 2.75) is 12.8 Å². The summed E-state index contributed by atoms with van der Waals surface area (Å²) >= 11 is 0. The summed E-state index contributed by atoms with van der Waals surface area (Å²) in [5.74, 6) is -0.865. The molecule has 0 saturated heterocycles. The van der Waals surface area contributed by atoms with Gasteiger partial charge in [-0.15, -0.1) is 0 Å². The predicted molar refractivity (Wildman–Crippen MR) is 61.4 cm³/mol. The van der Waals surface area contributed by atoms with Crippen LogP contribution in [0.4, 0.5) is 4.39 Å². The molecule has 0 amide bonds. The Kier molecular flexibility index (Phi) is 3.23. The largest absolute Gasteiger partial charge is 0.503 e. The van der Waals surface area contributed by atoms with Crippen LogP contribution in [-0.4, -0.2) is 15.2 Å². The quantitative estimate of drug-likeness (QED) is 0.856. The van der Waals surface area contributed by atoms with E-state index in [1.807, 2.05) is 6.07 Å². The van der Waals surface area contributed by atoms with Crippen LogP contribution in [0, 0.1) is 5.82 Å². The molecule has 1 heterocycles. The lowest BCUT2D eigenvalue weighted by Crippen LogP contribution is -1.93. The van der Waals surface area contributed by atoms with Gasteiger partial charge in [0.25, 0.3) is 5.88 Å². The SMILES string of the molecule is Oc1cc(CCc2cccc(F)c2)cnc1O. The van der Waals surface area contributed by atoms with Gasteiger partial charge in [0.15, 0.2) is 5.75 Å². The summed E-state index contributed by atoms with van der Waals surface area (Å²) in [7, 11) is 0. The topological polar surface area (TPSA) is 53.4 Å². The van der Waals surface area contributed by atoms with Crippen LogP contribution in [0.15, 0.2) is 36.5 Å². The van der Waals surface area contributed by atoms with Crippen molar-refractivity contribution >= 4 is 0 Å². The molecule has 1 aromatic carbocycles. The van der Waals surface area contributed by atoms with Crippen molar-refractivity contribution in [3.63, 3.8) is 0 Å². The molecule has 1 aromatic heterocycles. The fourth-order valence-electron chi connectivity index (χ4n) is 1.61. The highest BCUT2D eigenvalue weighted by atomic mass is 19.1. The third-order valence-electron chi connectivity index (χ3n) is 2.50. The number of aromatic hydroxyl groups is 2. The number of hydrogen-bond acceptors (Lipinski definition) is 3. The summed E-state index contributed by atoms with van der Waals surface area (Å²) in [6, 6.07) is 7.85. The van der Waals surface area contributed by atoms with E-state index in [9.17, 15) is 9.50 Å². The lowest BCUT2D eigenvalue weighted by atomic mass is 10.1. The summed E-state index contributed by atoms with van der Waals surface area (Å²) in [5, 5.41) is 18.3. The van der Waals surface area contributed by atoms with Crippen LogP contribution < -0.4 is 0 Å². The Morgan fingerprint density at radius 3 is 2.53 bits per heavy atom. The first-order valence-electron chi connectivity index (χ1n) is 5.26. The van der Waals surface area contributed by atoms with E-state index >= 15 is 0 Å². The lowest BCUT2D eigenvalue weighted by molar-refractivity contribution is 0.388. The fraction of sp³-hybridized carbons (Fsp3) is 0.154. The number of halogens is 1. The van der Waals surface area contributed by atoms with E-state index in [0.29, 0.717) is 12.8 Å². The van der Waals surface area contributed by atoms with Crippen molar-refractivity contribution in [2.75, 3.05) is 0 Å². The average molecular weight is 233 g/mol. The van der Waals surface area contributed by atoms with Gasteiger partial charge >= 0.3 is 0 Å². The average Bonchev–Trinajstić information content (AvgIpc) is 2.31. The summed E-state index contributed by atoms with van der Waals surface area (Å²) < 4.78 is 12.9. The number of hydrogen-bond donors (Lipinski definition) is 2.